The number of rotatable bonds is 4. The fraction of sp³-hybridized carbons (Fsp3) is 0.0625. The topological polar surface area (TPSA) is 96.2 Å². The van der Waals surface area contributed by atoms with Crippen LogP contribution >= 0.6 is 0 Å². The lowest BCUT2D eigenvalue weighted by Gasteiger charge is -2.07. The molecule has 2 aromatic heterocycles. The van der Waals surface area contributed by atoms with Crippen LogP contribution in [0, 0.1) is 10.1 Å². The second kappa shape index (κ2) is 5.80. The molecule has 2 N–H and O–H groups in total. The Labute approximate surface area is 132 Å². The van der Waals surface area contributed by atoms with Crippen LogP contribution in [0.1, 0.15) is 0 Å². The molecule has 0 saturated carbocycles. The zero-order chi connectivity index (χ0) is 16.4. The summed E-state index contributed by atoms with van der Waals surface area (Å²) in [5.74, 6) is 1.01. The average molecular weight is 310 g/mol. The van der Waals surface area contributed by atoms with Gasteiger partial charge in [-0.3, -0.25) is 15.1 Å². The van der Waals surface area contributed by atoms with Crippen LogP contribution in [0.2, 0.25) is 0 Å². The number of nitrogens with zero attached hydrogens (tertiary/aromatic N) is 3. The van der Waals surface area contributed by atoms with Crippen molar-refractivity contribution in [2.45, 2.75) is 0 Å². The molecule has 0 atom stereocenters. The number of pyridine rings is 1. The van der Waals surface area contributed by atoms with Gasteiger partial charge in [-0.15, -0.1) is 0 Å². The molecule has 0 unspecified atom stereocenters. The first-order chi connectivity index (χ1) is 11.0. The molecule has 7 nitrogen and oxygen atoms in total. The van der Waals surface area contributed by atoms with Gasteiger partial charge in [-0.2, -0.15) is 0 Å². The molecule has 2 heterocycles. The van der Waals surface area contributed by atoms with Crippen molar-refractivity contribution >= 4 is 11.4 Å². The molecule has 0 saturated heterocycles. The van der Waals surface area contributed by atoms with E-state index >= 15 is 0 Å². The Morgan fingerprint density at radius 1 is 1.22 bits per heavy atom. The first kappa shape index (κ1) is 14.6. The number of hydrogen-bond donors (Lipinski definition) is 1. The number of benzene rings is 1. The lowest BCUT2D eigenvalue weighted by molar-refractivity contribution is -0.383. The van der Waals surface area contributed by atoms with Crippen LogP contribution in [0.25, 0.3) is 11.3 Å². The smallest absolute Gasteiger partial charge is 0.292 e. The predicted octanol–water partition coefficient (Wildman–Crippen LogP) is 3.37. The van der Waals surface area contributed by atoms with E-state index in [-0.39, 0.29) is 11.4 Å². The third kappa shape index (κ3) is 3.13. The average Bonchev–Trinajstić information content (AvgIpc) is 2.94. The van der Waals surface area contributed by atoms with Crippen LogP contribution in [0.15, 0.2) is 55.0 Å². The summed E-state index contributed by atoms with van der Waals surface area (Å²) in [6.07, 6.45) is 5.53. The van der Waals surface area contributed by atoms with E-state index in [1.807, 2.05) is 30.1 Å². The Hall–Kier alpha value is -3.35. The molecule has 7 heteroatoms. The minimum Gasteiger partial charge on any atom is -0.457 e. The van der Waals surface area contributed by atoms with Gasteiger partial charge in [-0.25, -0.2) is 0 Å². The van der Waals surface area contributed by atoms with Crippen molar-refractivity contribution in [3.05, 3.63) is 65.1 Å². The minimum absolute atomic E-state index is 0.0600. The van der Waals surface area contributed by atoms with Gasteiger partial charge in [0.1, 0.15) is 17.2 Å². The summed E-state index contributed by atoms with van der Waals surface area (Å²) in [4.78, 5) is 14.6. The van der Waals surface area contributed by atoms with Crippen molar-refractivity contribution in [2.75, 3.05) is 5.73 Å². The van der Waals surface area contributed by atoms with Gasteiger partial charge in [0.15, 0.2) is 0 Å². The summed E-state index contributed by atoms with van der Waals surface area (Å²) < 4.78 is 7.65. The number of ether oxygens (including phenoxy) is 1. The molecule has 0 radical (unpaired) electrons. The van der Waals surface area contributed by atoms with Crippen LogP contribution in [0.5, 0.6) is 11.5 Å². The normalized spacial score (nSPS) is 10.5. The van der Waals surface area contributed by atoms with Gasteiger partial charge >= 0.3 is 0 Å². The van der Waals surface area contributed by atoms with Gasteiger partial charge in [0.25, 0.3) is 5.69 Å². The number of nitro benzene ring substituents is 1. The second-order valence-electron chi connectivity index (χ2n) is 5.02. The fourth-order valence-corrected chi connectivity index (χ4v) is 2.19. The Morgan fingerprint density at radius 2 is 2.00 bits per heavy atom. The SMILES string of the molecule is Cn1ccc(-c2cc(Oc3ccc([N+](=O)[O-])c(N)c3)ccn2)c1. The molecule has 0 aliphatic rings. The molecule has 23 heavy (non-hydrogen) atoms. The van der Waals surface area contributed by atoms with Gasteiger partial charge in [0, 0.05) is 49.4 Å². The van der Waals surface area contributed by atoms with E-state index in [4.69, 9.17) is 10.5 Å². The van der Waals surface area contributed by atoms with Crippen molar-refractivity contribution in [2.24, 2.45) is 7.05 Å². The molecule has 3 aromatic rings. The summed E-state index contributed by atoms with van der Waals surface area (Å²) in [6, 6.07) is 9.73. The van der Waals surface area contributed by atoms with E-state index in [0.717, 1.165) is 11.3 Å². The van der Waals surface area contributed by atoms with Crippen molar-refractivity contribution in [1.29, 1.82) is 0 Å². The number of nitrogen functional groups attached to an aromatic ring is 1. The minimum atomic E-state index is -0.529. The quantitative estimate of drug-likeness (QED) is 0.453. The fourth-order valence-electron chi connectivity index (χ4n) is 2.19. The zero-order valence-electron chi connectivity index (χ0n) is 12.3. The highest BCUT2D eigenvalue weighted by atomic mass is 16.6. The molecular weight excluding hydrogens is 296 g/mol. The number of nitro groups is 1. The predicted molar refractivity (Wildman–Crippen MR) is 86.2 cm³/mol. The summed E-state index contributed by atoms with van der Waals surface area (Å²) in [6.45, 7) is 0. The Balaban J connectivity index is 1.86. The monoisotopic (exact) mass is 310 g/mol. The van der Waals surface area contributed by atoms with Crippen molar-refractivity contribution in [3.8, 4) is 22.8 Å². The molecule has 0 bridgehead atoms. The third-order valence-electron chi connectivity index (χ3n) is 3.29. The number of hydrogen-bond acceptors (Lipinski definition) is 5. The second-order valence-corrected chi connectivity index (χ2v) is 5.02. The standard InChI is InChI=1S/C16H14N4O3/c1-19-7-5-11(10-19)15-9-13(4-6-18-15)23-12-2-3-16(20(21)22)14(17)8-12/h2-10H,17H2,1H3. The molecule has 0 aliphatic heterocycles. The van der Waals surface area contributed by atoms with Crippen molar-refractivity contribution < 1.29 is 9.66 Å². The van der Waals surface area contributed by atoms with Crippen LogP contribution in [-0.2, 0) is 7.05 Å². The van der Waals surface area contributed by atoms with E-state index in [1.54, 1.807) is 18.3 Å². The molecule has 1 aromatic carbocycles. The maximum Gasteiger partial charge on any atom is 0.292 e. The van der Waals surface area contributed by atoms with Gasteiger partial charge < -0.3 is 15.0 Å². The highest BCUT2D eigenvalue weighted by Crippen LogP contribution is 2.30. The van der Waals surface area contributed by atoms with E-state index < -0.39 is 4.92 Å². The highest BCUT2D eigenvalue weighted by Gasteiger charge is 2.12. The first-order valence-electron chi connectivity index (χ1n) is 6.83. The lowest BCUT2D eigenvalue weighted by Crippen LogP contribution is -1.96. The Morgan fingerprint density at radius 3 is 2.65 bits per heavy atom. The maximum absolute atomic E-state index is 10.8. The maximum atomic E-state index is 10.8. The molecule has 3 rings (SSSR count). The van der Waals surface area contributed by atoms with Gasteiger partial charge in [-0.05, 0) is 18.2 Å². The molecule has 0 fully saturated rings. The largest absolute Gasteiger partial charge is 0.457 e. The Bertz CT molecular complexity index is 873. The lowest BCUT2D eigenvalue weighted by atomic mass is 10.2. The summed E-state index contributed by atoms with van der Waals surface area (Å²) in [5.41, 5.74) is 7.33. The summed E-state index contributed by atoms with van der Waals surface area (Å²) >= 11 is 0. The number of nitrogens with two attached hydrogens (primary N) is 1. The first-order valence-corrected chi connectivity index (χ1v) is 6.83. The third-order valence-corrected chi connectivity index (χ3v) is 3.29. The van der Waals surface area contributed by atoms with Crippen LogP contribution in [0.4, 0.5) is 11.4 Å². The van der Waals surface area contributed by atoms with E-state index in [0.29, 0.717) is 11.5 Å². The summed E-state index contributed by atoms with van der Waals surface area (Å²) in [7, 11) is 1.93. The van der Waals surface area contributed by atoms with Crippen LogP contribution in [0.3, 0.4) is 0 Å². The molecule has 0 aliphatic carbocycles. The van der Waals surface area contributed by atoms with Gasteiger partial charge in [0.05, 0.1) is 10.6 Å². The molecule has 116 valence electrons. The van der Waals surface area contributed by atoms with E-state index in [2.05, 4.69) is 4.98 Å². The Kier molecular flexibility index (Phi) is 3.68. The number of anilines is 1. The van der Waals surface area contributed by atoms with E-state index in [1.165, 1.54) is 18.2 Å². The van der Waals surface area contributed by atoms with Gasteiger partial charge in [-0.1, -0.05) is 0 Å². The van der Waals surface area contributed by atoms with E-state index in [9.17, 15) is 10.1 Å². The summed E-state index contributed by atoms with van der Waals surface area (Å²) in [5, 5.41) is 10.8. The molecule has 0 spiro atoms. The molecular formula is C16H14N4O3. The van der Waals surface area contributed by atoms with Crippen LogP contribution < -0.4 is 10.5 Å². The van der Waals surface area contributed by atoms with Crippen LogP contribution in [-0.4, -0.2) is 14.5 Å². The number of aromatic nitrogens is 2. The van der Waals surface area contributed by atoms with Crippen molar-refractivity contribution in [1.82, 2.24) is 9.55 Å². The molecule has 0 amide bonds. The number of aryl methyl sites for hydroxylation is 1. The van der Waals surface area contributed by atoms with Gasteiger partial charge in [0.2, 0.25) is 0 Å². The zero-order valence-corrected chi connectivity index (χ0v) is 12.3. The highest BCUT2D eigenvalue weighted by molar-refractivity contribution is 5.62. The van der Waals surface area contributed by atoms with Crippen molar-refractivity contribution in [3.63, 3.8) is 0 Å².